The van der Waals surface area contributed by atoms with Gasteiger partial charge in [0.25, 0.3) is 5.91 Å². The van der Waals surface area contributed by atoms with Gasteiger partial charge < -0.3 is 5.32 Å². The summed E-state index contributed by atoms with van der Waals surface area (Å²) in [4.78, 5) is 21.9. The average Bonchev–Trinajstić information content (AvgIpc) is 3.41. The molecule has 1 atom stereocenters. The summed E-state index contributed by atoms with van der Waals surface area (Å²) in [6, 6.07) is 5.72. The molecule has 0 saturated heterocycles. The van der Waals surface area contributed by atoms with E-state index in [9.17, 15) is 13.6 Å². The predicted molar refractivity (Wildman–Crippen MR) is 106 cm³/mol. The number of carbonyl (C=O) groups excluding carboxylic acids is 1. The maximum atomic E-state index is 13.9. The molecule has 4 heterocycles. The fraction of sp³-hybridized carbons (Fsp3) is 0.222. The van der Waals surface area contributed by atoms with Crippen LogP contribution in [0.2, 0.25) is 5.15 Å². The molecular weight excluding hydrogens is 446 g/mol. The van der Waals surface area contributed by atoms with Gasteiger partial charge in [0.1, 0.15) is 11.0 Å². The summed E-state index contributed by atoms with van der Waals surface area (Å²) in [6.45, 7) is 1.79. The lowest BCUT2D eigenvalue weighted by atomic mass is 9.85. The van der Waals surface area contributed by atoms with Crippen LogP contribution in [0.1, 0.15) is 28.9 Å². The lowest BCUT2D eigenvalue weighted by Crippen LogP contribution is -2.41. The van der Waals surface area contributed by atoms with E-state index < -0.39 is 23.0 Å². The van der Waals surface area contributed by atoms with Gasteiger partial charge in [0.15, 0.2) is 23.2 Å². The minimum Gasteiger partial charge on any atom is -0.349 e. The Bertz CT molecular complexity index is 1290. The molecule has 1 amide bonds. The third kappa shape index (κ3) is 4.14. The van der Waals surface area contributed by atoms with Gasteiger partial charge in [-0.15, -0.1) is 15.3 Å². The SMILES string of the molecule is Cn1nnc(C(C)(CNC(=O)c2cn(-c3ncc(F)cc3F)nn2)c2cccc(Cl)n2)n1. The Kier molecular flexibility index (Phi) is 5.57. The van der Waals surface area contributed by atoms with Gasteiger partial charge in [-0.1, -0.05) is 22.9 Å². The van der Waals surface area contributed by atoms with E-state index in [1.807, 2.05) is 0 Å². The van der Waals surface area contributed by atoms with Crippen molar-refractivity contribution in [2.45, 2.75) is 12.3 Å². The van der Waals surface area contributed by atoms with E-state index in [0.717, 1.165) is 10.9 Å². The second-order valence-electron chi connectivity index (χ2n) is 6.97. The zero-order valence-corrected chi connectivity index (χ0v) is 17.5. The van der Waals surface area contributed by atoms with Crippen LogP contribution in [-0.4, -0.2) is 57.6 Å². The molecule has 0 saturated carbocycles. The number of aryl methyl sites for hydroxylation is 1. The normalized spacial score (nSPS) is 13.0. The lowest BCUT2D eigenvalue weighted by molar-refractivity contribution is 0.0941. The summed E-state index contributed by atoms with van der Waals surface area (Å²) in [6.07, 6.45) is 2.01. The monoisotopic (exact) mass is 460 g/mol. The topological polar surface area (TPSA) is 129 Å². The molecule has 0 aliphatic carbocycles. The Balaban J connectivity index is 1.58. The Morgan fingerprint density at radius 3 is 2.75 bits per heavy atom. The number of amides is 1. The fourth-order valence-electron chi connectivity index (χ4n) is 2.90. The molecule has 4 aromatic rings. The number of tetrazole rings is 1. The van der Waals surface area contributed by atoms with E-state index in [1.54, 1.807) is 32.2 Å². The Hall–Kier alpha value is -3.87. The molecule has 1 unspecified atom stereocenters. The van der Waals surface area contributed by atoms with Crippen LogP contribution in [-0.2, 0) is 12.5 Å². The third-order valence-corrected chi connectivity index (χ3v) is 4.83. The first-order chi connectivity index (χ1) is 15.3. The molecule has 32 heavy (non-hydrogen) atoms. The van der Waals surface area contributed by atoms with Crippen LogP contribution in [0.25, 0.3) is 5.82 Å². The van der Waals surface area contributed by atoms with Crippen molar-refractivity contribution >= 4 is 17.5 Å². The van der Waals surface area contributed by atoms with Gasteiger partial charge in [-0.25, -0.2) is 18.7 Å². The van der Waals surface area contributed by atoms with Gasteiger partial charge in [0, 0.05) is 12.6 Å². The van der Waals surface area contributed by atoms with Crippen molar-refractivity contribution in [2.75, 3.05) is 6.54 Å². The van der Waals surface area contributed by atoms with Gasteiger partial charge in [0.05, 0.1) is 30.6 Å². The highest BCUT2D eigenvalue weighted by atomic mass is 35.5. The second kappa shape index (κ2) is 8.34. The molecule has 0 aliphatic heterocycles. The van der Waals surface area contributed by atoms with Crippen LogP contribution in [0, 0.1) is 11.6 Å². The van der Waals surface area contributed by atoms with Gasteiger partial charge in [0.2, 0.25) is 0 Å². The van der Waals surface area contributed by atoms with Crippen molar-refractivity contribution < 1.29 is 13.6 Å². The molecule has 0 spiro atoms. The number of hydrogen-bond acceptors (Lipinski definition) is 8. The number of pyridine rings is 2. The van der Waals surface area contributed by atoms with Crippen LogP contribution in [0.3, 0.4) is 0 Å². The first-order valence-electron chi connectivity index (χ1n) is 9.16. The van der Waals surface area contributed by atoms with Crippen molar-refractivity contribution in [3.63, 3.8) is 0 Å². The van der Waals surface area contributed by atoms with Crippen molar-refractivity contribution in [1.82, 2.24) is 50.5 Å². The molecule has 0 aliphatic rings. The van der Waals surface area contributed by atoms with E-state index in [-0.39, 0.29) is 23.2 Å². The molecule has 11 nitrogen and oxygen atoms in total. The highest BCUT2D eigenvalue weighted by Gasteiger charge is 2.36. The summed E-state index contributed by atoms with van der Waals surface area (Å²) in [5.41, 5.74) is -0.571. The van der Waals surface area contributed by atoms with Crippen molar-refractivity contribution in [3.8, 4) is 5.82 Å². The van der Waals surface area contributed by atoms with E-state index in [2.05, 4.69) is 41.0 Å². The van der Waals surface area contributed by atoms with E-state index >= 15 is 0 Å². The zero-order chi connectivity index (χ0) is 22.9. The first-order valence-corrected chi connectivity index (χ1v) is 9.53. The van der Waals surface area contributed by atoms with Crippen LogP contribution in [0.5, 0.6) is 0 Å². The molecular formula is C18H15ClF2N10O. The maximum absolute atomic E-state index is 13.9. The smallest absolute Gasteiger partial charge is 0.273 e. The number of aromatic nitrogens is 9. The molecule has 4 aromatic heterocycles. The number of nitrogens with zero attached hydrogens (tertiary/aromatic N) is 9. The van der Waals surface area contributed by atoms with Crippen LogP contribution >= 0.6 is 11.6 Å². The summed E-state index contributed by atoms with van der Waals surface area (Å²) >= 11 is 6.04. The Morgan fingerprint density at radius 2 is 2.06 bits per heavy atom. The van der Waals surface area contributed by atoms with E-state index in [4.69, 9.17) is 11.6 Å². The number of nitrogens with one attached hydrogen (secondary N) is 1. The second-order valence-corrected chi connectivity index (χ2v) is 7.36. The van der Waals surface area contributed by atoms with Crippen molar-refractivity contribution in [3.05, 3.63) is 70.7 Å². The van der Waals surface area contributed by atoms with E-state index in [1.165, 1.54) is 11.0 Å². The van der Waals surface area contributed by atoms with Crippen LogP contribution in [0.15, 0.2) is 36.7 Å². The van der Waals surface area contributed by atoms with Gasteiger partial charge in [-0.3, -0.25) is 4.79 Å². The summed E-state index contributed by atoms with van der Waals surface area (Å²) < 4.78 is 27.9. The highest BCUT2D eigenvalue weighted by molar-refractivity contribution is 6.29. The van der Waals surface area contributed by atoms with Crippen molar-refractivity contribution in [1.29, 1.82) is 0 Å². The van der Waals surface area contributed by atoms with E-state index in [0.29, 0.717) is 17.6 Å². The third-order valence-electron chi connectivity index (χ3n) is 4.62. The number of carbonyl (C=O) groups is 1. The largest absolute Gasteiger partial charge is 0.349 e. The molecule has 1 N–H and O–H groups in total. The summed E-state index contributed by atoms with van der Waals surface area (Å²) in [5.74, 6) is -2.37. The van der Waals surface area contributed by atoms with Gasteiger partial charge in [-0.2, -0.15) is 9.48 Å². The minimum absolute atomic E-state index is 0.0148. The first kappa shape index (κ1) is 21.4. The predicted octanol–water partition coefficient (Wildman–Crippen LogP) is 1.25. The lowest BCUT2D eigenvalue weighted by Gasteiger charge is -2.25. The fourth-order valence-corrected chi connectivity index (χ4v) is 3.06. The Morgan fingerprint density at radius 1 is 1.25 bits per heavy atom. The molecule has 4 rings (SSSR count). The molecule has 0 aromatic carbocycles. The Labute approximate surface area is 184 Å². The van der Waals surface area contributed by atoms with Gasteiger partial charge in [-0.05, 0) is 24.3 Å². The molecule has 14 heteroatoms. The van der Waals surface area contributed by atoms with Crippen molar-refractivity contribution in [2.24, 2.45) is 7.05 Å². The molecule has 164 valence electrons. The number of hydrogen-bond donors (Lipinski definition) is 1. The molecule has 0 radical (unpaired) electrons. The maximum Gasteiger partial charge on any atom is 0.273 e. The number of halogens is 3. The highest BCUT2D eigenvalue weighted by Crippen LogP contribution is 2.28. The van der Waals surface area contributed by atoms with Crippen LogP contribution in [0.4, 0.5) is 8.78 Å². The van der Waals surface area contributed by atoms with Gasteiger partial charge >= 0.3 is 0 Å². The quantitative estimate of drug-likeness (QED) is 0.425. The summed E-state index contributed by atoms with van der Waals surface area (Å²) in [7, 11) is 1.61. The average molecular weight is 461 g/mol. The standard InChI is InChI=1S/C18H15ClF2N10O/c1-18(17-26-28-30(2)27-17,13-4-3-5-14(19)24-13)9-23-16(32)12-8-31(29-25-12)15-11(21)6-10(20)7-22-15/h3-8H,9H2,1-2H3,(H,23,32). The minimum atomic E-state index is -0.977. The summed E-state index contributed by atoms with van der Waals surface area (Å²) in [5, 5.41) is 22.6. The number of rotatable bonds is 6. The zero-order valence-electron chi connectivity index (χ0n) is 16.7. The molecule has 0 fully saturated rings. The molecule has 0 bridgehead atoms. The van der Waals surface area contributed by atoms with Crippen LogP contribution < -0.4 is 5.32 Å².